The molecule has 1 unspecified atom stereocenters. The molecule has 1 heterocycles. The summed E-state index contributed by atoms with van der Waals surface area (Å²) in [4.78, 5) is 10.5. The summed E-state index contributed by atoms with van der Waals surface area (Å²) in [5.74, 6) is 0. The molecule has 1 aliphatic heterocycles. The van der Waals surface area contributed by atoms with Crippen molar-refractivity contribution in [2.75, 3.05) is 5.32 Å². The predicted octanol–water partition coefficient (Wildman–Crippen LogP) is 0.828. The van der Waals surface area contributed by atoms with Gasteiger partial charge in [0.15, 0.2) is 12.5 Å². The molecule has 1 atom stereocenters. The summed E-state index contributed by atoms with van der Waals surface area (Å²) in [7, 11) is 0. The minimum absolute atomic E-state index is 0.382. The third-order valence-electron chi connectivity index (χ3n) is 2.10. The van der Waals surface area contributed by atoms with Crippen LogP contribution in [-0.4, -0.2) is 22.7 Å². The fraction of sp³-hybridized carbons (Fsp3) is 0.222. The molecule has 0 amide bonds. The smallest absolute Gasteiger partial charge is 0.159 e. The molecular weight excluding hydrogens is 168 g/mol. The number of hydrogen-bond acceptors (Lipinski definition) is 4. The number of nitrogens with zero attached hydrogens (tertiary/aromatic N) is 1. The van der Waals surface area contributed by atoms with Crippen LogP contribution < -0.4 is 5.32 Å². The molecule has 0 aromatic heterocycles. The van der Waals surface area contributed by atoms with Gasteiger partial charge in [-0.05, 0) is 11.6 Å². The molecule has 1 aromatic carbocycles. The van der Waals surface area contributed by atoms with Crippen LogP contribution in [0.1, 0.15) is 5.56 Å². The maximum atomic E-state index is 10.5. The fourth-order valence-electron chi connectivity index (χ4n) is 1.41. The van der Waals surface area contributed by atoms with Crippen LogP contribution in [0.3, 0.4) is 0 Å². The van der Waals surface area contributed by atoms with Crippen LogP contribution in [0.5, 0.6) is 0 Å². The molecule has 0 aliphatic carbocycles. The Kier molecular flexibility index (Phi) is 2.00. The van der Waals surface area contributed by atoms with Gasteiger partial charge < -0.3 is 10.5 Å². The van der Waals surface area contributed by atoms with Crippen molar-refractivity contribution in [1.29, 1.82) is 0 Å². The average Bonchev–Trinajstić information content (AvgIpc) is 2.17. The van der Waals surface area contributed by atoms with Gasteiger partial charge in [0.25, 0.3) is 0 Å². The lowest BCUT2D eigenvalue weighted by atomic mass is 10.1. The molecule has 2 N–H and O–H groups in total. The minimum Gasteiger partial charge on any atom is -0.362 e. The van der Waals surface area contributed by atoms with Crippen LogP contribution in [0.2, 0.25) is 0 Å². The van der Waals surface area contributed by atoms with Gasteiger partial charge in [0.05, 0.1) is 6.54 Å². The predicted molar refractivity (Wildman–Crippen MR) is 47.2 cm³/mol. The van der Waals surface area contributed by atoms with Crippen molar-refractivity contribution in [3.63, 3.8) is 0 Å². The Morgan fingerprint density at radius 1 is 1.54 bits per heavy atom. The van der Waals surface area contributed by atoms with Crippen LogP contribution in [0, 0.1) is 0 Å². The van der Waals surface area contributed by atoms with E-state index in [4.69, 9.17) is 0 Å². The normalized spacial score (nSPS) is 21.8. The molecule has 4 heteroatoms. The van der Waals surface area contributed by atoms with Crippen molar-refractivity contribution in [1.82, 2.24) is 5.06 Å². The molecule has 0 saturated heterocycles. The number of fused-ring (bicyclic) bond motifs is 1. The monoisotopic (exact) mass is 178 g/mol. The van der Waals surface area contributed by atoms with Gasteiger partial charge in [-0.3, -0.25) is 4.79 Å². The highest BCUT2D eigenvalue weighted by Gasteiger charge is 2.22. The van der Waals surface area contributed by atoms with Crippen molar-refractivity contribution in [2.45, 2.75) is 12.7 Å². The van der Waals surface area contributed by atoms with Gasteiger partial charge in [0, 0.05) is 5.69 Å². The van der Waals surface area contributed by atoms with Crippen LogP contribution in [0.4, 0.5) is 5.69 Å². The van der Waals surface area contributed by atoms with Gasteiger partial charge in [0.1, 0.15) is 0 Å². The van der Waals surface area contributed by atoms with Crippen LogP contribution in [0.15, 0.2) is 24.3 Å². The second-order valence-corrected chi connectivity index (χ2v) is 2.98. The van der Waals surface area contributed by atoms with Gasteiger partial charge in [-0.25, -0.2) is 0 Å². The van der Waals surface area contributed by atoms with E-state index in [1.165, 1.54) is 0 Å². The van der Waals surface area contributed by atoms with Crippen molar-refractivity contribution < 1.29 is 10.0 Å². The maximum absolute atomic E-state index is 10.5. The van der Waals surface area contributed by atoms with Gasteiger partial charge in [-0.15, -0.1) is 0 Å². The van der Waals surface area contributed by atoms with Gasteiger partial charge in [-0.2, -0.15) is 5.06 Å². The number of carbonyl (C=O) groups is 1. The fourth-order valence-corrected chi connectivity index (χ4v) is 1.41. The lowest BCUT2D eigenvalue weighted by Crippen LogP contribution is -2.42. The number of para-hydroxylation sites is 1. The number of carbonyl (C=O) groups excluding carboxylic acids is 1. The Morgan fingerprint density at radius 3 is 3.08 bits per heavy atom. The average molecular weight is 178 g/mol. The third-order valence-corrected chi connectivity index (χ3v) is 2.10. The number of hydroxylamine groups is 2. The molecule has 0 saturated carbocycles. The van der Waals surface area contributed by atoms with E-state index in [0.717, 1.165) is 16.3 Å². The van der Waals surface area contributed by atoms with E-state index >= 15 is 0 Å². The van der Waals surface area contributed by atoms with Crippen molar-refractivity contribution in [2.24, 2.45) is 0 Å². The first-order valence-electron chi connectivity index (χ1n) is 4.06. The maximum Gasteiger partial charge on any atom is 0.159 e. The number of hydrogen-bond donors (Lipinski definition) is 2. The summed E-state index contributed by atoms with van der Waals surface area (Å²) in [5.41, 5.74) is 1.90. The van der Waals surface area contributed by atoms with E-state index < -0.39 is 6.17 Å². The van der Waals surface area contributed by atoms with E-state index in [2.05, 4.69) is 5.32 Å². The van der Waals surface area contributed by atoms with E-state index in [9.17, 15) is 10.0 Å². The molecule has 0 radical (unpaired) electrons. The SMILES string of the molecule is O=CC1Nc2ccccc2CN1O. The Labute approximate surface area is 75.7 Å². The Morgan fingerprint density at radius 2 is 2.31 bits per heavy atom. The second kappa shape index (κ2) is 3.16. The van der Waals surface area contributed by atoms with E-state index in [-0.39, 0.29) is 0 Å². The molecule has 0 fully saturated rings. The van der Waals surface area contributed by atoms with E-state index in [1.54, 1.807) is 0 Å². The summed E-state index contributed by atoms with van der Waals surface area (Å²) in [6.45, 7) is 0.382. The Bertz CT molecular complexity index is 327. The van der Waals surface area contributed by atoms with E-state index in [0.29, 0.717) is 12.8 Å². The highest BCUT2D eigenvalue weighted by molar-refractivity contribution is 5.66. The topological polar surface area (TPSA) is 52.6 Å². The van der Waals surface area contributed by atoms with Gasteiger partial charge in [-0.1, -0.05) is 18.2 Å². The second-order valence-electron chi connectivity index (χ2n) is 2.98. The summed E-state index contributed by atoms with van der Waals surface area (Å²) in [5, 5.41) is 13.2. The minimum atomic E-state index is -0.630. The summed E-state index contributed by atoms with van der Waals surface area (Å²) in [6, 6.07) is 7.59. The first-order chi connectivity index (χ1) is 6.31. The van der Waals surface area contributed by atoms with Crippen molar-refractivity contribution >= 4 is 12.0 Å². The number of aldehydes is 1. The third kappa shape index (κ3) is 1.41. The molecule has 1 aliphatic rings. The molecular formula is C9H10N2O2. The van der Waals surface area contributed by atoms with Crippen LogP contribution >= 0.6 is 0 Å². The molecule has 0 bridgehead atoms. The summed E-state index contributed by atoms with van der Waals surface area (Å²) < 4.78 is 0. The number of rotatable bonds is 1. The zero-order chi connectivity index (χ0) is 9.26. The lowest BCUT2D eigenvalue weighted by Gasteiger charge is -2.29. The molecule has 68 valence electrons. The number of nitrogens with one attached hydrogen (secondary N) is 1. The number of anilines is 1. The van der Waals surface area contributed by atoms with Crippen LogP contribution in [0.25, 0.3) is 0 Å². The largest absolute Gasteiger partial charge is 0.362 e. The standard InChI is InChI=1S/C9H10N2O2/c12-6-9-10-8-4-2-1-3-7(8)5-11(9)13/h1-4,6,9-10,13H,5H2. The van der Waals surface area contributed by atoms with Gasteiger partial charge in [0.2, 0.25) is 0 Å². The Hall–Kier alpha value is -1.39. The quantitative estimate of drug-likeness (QED) is 0.625. The Balaban J connectivity index is 2.32. The van der Waals surface area contributed by atoms with Crippen LogP contribution in [-0.2, 0) is 11.3 Å². The molecule has 0 spiro atoms. The van der Waals surface area contributed by atoms with Gasteiger partial charge >= 0.3 is 0 Å². The van der Waals surface area contributed by atoms with Crippen molar-refractivity contribution in [3.05, 3.63) is 29.8 Å². The first-order valence-corrected chi connectivity index (χ1v) is 4.06. The molecule has 13 heavy (non-hydrogen) atoms. The highest BCUT2D eigenvalue weighted by atomic mass is 16.5. The van der Waals surface area contributed by atoms with Crippen molar-refractivity contribution in [3.8, 4) is 0 Å². The zero-order valence-corrected chi connectivity index (χ0v) is 6.97. The zero-order valence-electron chi connectivity index (χ0n) is 6.97. The number of benzene rings is 1. The van der Waals surface area contributed by atoms with E-state index in [1.807, 2.05) is 24.3 Å². The molecule has 2 rings (SSSR count). The highest BCUT2D eigenvalue weighted by Crippen LogP contribution is 2.22. The lowest BCUT2D eigenvalue weighted by molar-refractivity contribution is -0.145. The summed E-state index contributed by atoms with van der Waals surface area (Å²) >= 11 is 0. The first kappa shape index (κ1) is 8.22. The molecule has 1 aromatic rings. The molecule has 4 nitrogen and oxygen atoms in total. The summed E-state index contributed by atoms with van der Waals surface area (Å²) in [6.07, 6.45) is 0.0468.